The van der Waals surface area contributed by atoms with Gasteiger partial charge in [0, 0.05) is 20.3 Å². The zero-order valence-electron chi connectivity index (χ0n) is 25.1. The molecule has 2 rings (SSSR count). The maximum Gasteiger partial charge on any atom is 0.255 e. The maximum absolute atomic E-state index is 12.2. The average Bonchev–Trinajstić information content (AvgIpc) is 2.91. The Hall–Kier alpha value is -1.96. The SMILES string of the molecule is CC.CCC.CCCC.CCCOC.Cc1cccc(C(=P)C(=O)NCCCc2ccccc2)c1C. The summed E-state index contributed by atoms with van der Waals surface area (Å²) in [6.45, 7) is 20.3. The number of benzene rings is 2. The van der Waals surface area contributed by atoms with Crippen molar-refractivity contribution in [1.29, 1.82) is 0 Å². The van der Waals surface area contributed by atoms with Gasteiger partial charge >= 0.3 is 0 Å². The Morgan fingerprint density at radius 1 is 0.861 bits per heavy atom. The number of carbonyl (C=O) groups is 1. The van der Waals surface area contributed by atoms with Crippen LogP contribution < -0.4 is 5.32 Å². The predicted octanol–water partition coefficient (Wildman–Crippen LogP) is 9.01. The van der Waals surface area contributed by atoms with E-state index in [1.807, 2.05) is 51.1 Å². The molecule has 1 amide bonds. The van der Waals surface area contributed by atoms with Crippen LogP contribution in [0.25, 0.3) is 0 Å². The highest BCUT2D eigenvalue weighted by molar-refractivity contribution is 7.26. The second kappa shape index (κ2) is 29.3. The fourth-order valence-electron chi connectivity index (χ4n) is 2.58. The predicted molar refractivity (Wildman–Crippen MR) is 166 cm³/mol. The van der Waals surface area contributed by atoms with E-state index < -0.39 is 0 Å². The molecule has 0 saturated carbocycles. The maximum atomic E-state index is 12.2. The summed E-state index contributed by atoms with van der Waals surface area (Å²) in [6.07, 6.45) is 6.92. The number of ether oxygens (including phenoxy) is 1. The summed E-state index contributed by atoms with van der Waals surface area (Å²) in [5.41, 5.74) is 4.57. The van der Waals surface area contributed by atoms with Gasteiger partial charge in [-0.15, -0.1) is 8.86 Å². The van der Waals surface area contributed by atoms with E-state index in [2.05, 4.69) is 73.9 Å². The largest absolute Gasteiger partial charge is 0.385 e. The molecule has 0 radical (unpaired) electrons. The number of aryl methyl sites for hydroxylation is 2. The van der Waals surface area contributed by atoms with Crippen LogP contribution in [-0.2, 0) is 16.0 Å². The molecule has 0 spiro atoms. The zero-order valence-corrected chi connectivity index (χ0v) is 26.1. The topological polar surface area (TPSA) is 38.3 Å². The standard InChI is InChI=1S/C19H22NOP.C4H10O.C4H10.C3H8.C2H6/c1-14-8-6-12-17(15(14)2)18(22)19(21)20-13-7-11-16-9-4-3-5-10-16;1-3-4-5-2;1-3-4-2;1-3-2;1-2/h3-6,8-10,12,22H,7,11,13H2,1-2H3,(H,20,21);3-4H2,1-2H3;3-4H2,1-2H3;3H2,1-2H3;1-2H3. The summed E-state index contributed by atoms with van der Waals surface area (Å²) in [7, 11) is 5.21. The van der Waals surface area contributed by atoms with Crippen molar-refractivity contribution >= 4 is 20.1 Å². The summed E-state index contributed by atoms with van der Waals surface area (Å²) in [5.74, 6) is -0.0570. The lowest BCUT2D eigenvalue weighted by molar-refractivity contribution is -0.114. The molecule has 0 heterocycles. The molecule has 2 aromatic carbocycles. The highest BCUT2D eigenvalue weighted by Gasteiger charge is 2.12. The number of unbranched alkanes of at least 4 members (excludes halogenated alkanes) is 1. The number of nitrogens with one attached hydrogen (secondary N) is 1. The summed E-state index contributed by atoms with van der Waals surface area (Å²) in [4.78, 5) is 12.2. The van der Waals surface area contributed by atoms with E-state index in [-0.39, 0.29) is 5.91 Å². The van der Waals surface area contributed by atoms with Gasteiger partial charge in [0.25, 0.3) is 5.91 Å². The second-order valence-electron chi connectivity index (χ2n) is 8.17. The Balaban J connectivity index is -0.000000645. The lowest BCUT2D eigenvalue weighted by atomic mass is 10.0. The van der Waals surface area contributed by atoms with Crippen LogP contribution in [-0.4, -0.2) is 31.5 Å². The minimum atomic E-state index is -0.0570. The highest BCUT2D eigenvalue weighted by atomic mass is 31.0. The smallest absolute Gasteiger partial charge is 0.255 e. The molecule has 0 aliphatic rings. The third-order valence-electron chi connectivity index (χ3n) is 4.78. The van der Waals surface area contributed by atoms with Crippen LogP contribution in [0.15, 0.2) is 48.5 Å². The second-order valence-corrected chi connectivity index (χ2v) is 8.67. The molecular weight excluding hydrogens is 461 g/mol. The molecule has 36 heavy (non-hydrogen) atoms. The van der Waals surface area contributed by atoms with Crippen molar-refractivity contribution in [2.45, 2.75) is 101 Å². The van der Waals surface area contributed by atoms with Crippen LogP contribution in [0.5, 0.6) is 0 Å². The van der Waals surface area contributed by atoms with Gasteiger partial charge in [0.15, 0.2) is 0 Å². The molecular formula is C32H56NO2P. The van der Waals surface area contributed by atoms with Crippen LogP contribution >= 0.6 is 8.86 Å². The van der Waals surface area contributed by atoms with Crippen molar-refractivity contribution < 1.29 is 9.53 Å². The van der Waals surface area contributed by atoms with E-state index in [0.717, 1.165) is 37.0 Å². The molecule has 0 bridgehead atoms. The van der Waals surface area contributed by atoms with Crippen LogP contribution in [0.2, 0.25) is 0 Å². The number of methoxy groups -OCH3 is 1. The summed E-state index contributed by atoms with van der Waals surface area (Å²) in [5, 5.41) is 3.57. The fraction of sp³-hybridized carbons (Fsp3) is 0.562. The lowest BCUT2D eigenvalue weighted by Gasteiger charge is -2.11. The first kappa shape index (κ1) is 38.6. The Morgan fingerprint density at radius 2 is 1.42 bits per heavy atom. The van der Waals surface area contributed by atoms with Crippen LogP contribution in [0.3, 0.4) is 0 Å². The number of hydrogen-bond donors (Lipinski definition) is 1. The Kier molecular flexibility index (Phi) is 31.4. The molecule has 0 saturated heterocycles. The van der Waals surface area contributed by atoms with Gasteiger partial charge in [0.1, 0.15) is 0 Å². The molecule has 2 aromatic rings. The fourth-order valence-corrected chi connectivity index (χ4v) is 2.94. The van der Waals surface area contributed by atoms with Crippen molar-refractivity contribution in [3.8, 4) is 0 Å². The third-order valence-corrected chi connectivity index (χ3v) is 5.28. The van der Waals surface area contributed by atoms with Crippen molar-refractivity contribution in [1.82, 2.24) is 5.32 Å². The monoisotopic (exact) mass is 517 g/mol. The third kappa shape index (κ3) is 21.3. The molecule has 0 aliphatic heterocycles. The van der Waals surface area contributed by atoms with Crippen LogP contribution in [0.4, 0.5) is 0 Å². The van der Waals surface area contributed by atoms with Gasteiger partial charge in [-0.2, -0.15) is 0 Å². The van der Waals surface area contributed by atoms with E-state index in [1.54, 1.807) is 7.11 Å². The van der Waals surface area contributed by atoms with Crippen molar-refractivity contribution in [2.75, 3.05) is 20.3 Å². The van der Waals surface area contributed by atoms with Gasteiger partial charge in [-0.1, -0.05) is 116 Å². The Labute approximate surface area is 226 Å². The molecule has 4 heteroatoms. The first-order valence-electron chi connectivity index (χ1n) is 13.8. The zero-order chi connectivity index (χ0) is 28.2. The number of carbonyl (C=O) groups excluding carboxylic acids is 1. The van der Waals surface area contributed by atoms with Crippen LogP contribution in [0.1, 0.15) is 103 Å². The normalized spacial score (nSPS) is 8.94. The minimum absolute atomic E-state index is 0.0570. The highest BCUT2D eigenvalue weighted by Crippen LogP contribution is 2.14. The first-order valence-corrected chi connectivity index (χ1v) is 14.3. The van der Waals surface area contributed by atoms with Gasteiger partial charge in [-0.05, 0) is 55.4 Å². The minimum Gasteiger partial charge on any atom is -0.385 e. The Bertz CT molecular complexity index is 756. The average molecular weight is 518 g/mol. The van der Waals surface area contributed by atoms with Gasteiger partial charge in [-0.3, -0.25) is 4.79 Å². The van der Waals surface area contributed by atoms with Crippen molar-refractivity contribution in [3.63, 3.8) is 0 Å². The van der Waals surface area contributed by atoms with E-state index in [0.29, 0.717) is 11.8 Å². The lowest BCUT2D eigenvalue weighted by Crippen LogP contribution is -2.31. The van der Waals surface area contributed by atoms with Crippen molar-refractivity contribution in [3.05, 3.63) is 70.8 Å². The molecule has 1 N–H and O–H groups in total. The van der Waals surface area contributed by atoms with Gasteiger partial charge < -0.3 is 10.1 Å². The van der Waals surface area contributed by atoms with E-state index in [1.165, 1.54) is 30.4 Å². The number of hydrogen-bond acceptors (Lipinski definition) is 2. The molecule has 0 aliphatic carbocycles. The van der Waals surface area contributed by atoms with Gasteiger partial charge in [0.2, 0.25) is 0 Å². The summed E-state index contributed by atoms with van der Waals surface area (Å²) < 4.78 is 4.69. The summed E-state index contributed by atoms with van der Waals surface area (Å²) in [6, 6.07) is 16.3. The van der Waals surface area contributed by atoms with Gasteiger partial charge in [0.05, 0.1) is 5.29 Å². The molecule has 0 aromatic heterocycles. The van der Waals surface area contributed by atoms with E-state index in [9.17, 15) is 4.79 Å². The molecule has 0 fully saturated rings. The molecule has 3 nitrogen and oxygen atoms in total. The van der Waals surface area contributed by atoms with Gasteiger partial charge in [-0.25, -0.2) is 0 Å². The molecule has 206 valence electrons. The molecule has 0 unspecified atom stereocenters. The van der Waals surface area contributed by atoms with E-state index >= 15 is 0 Å². The molecule has 0 atom stereocenters. The van der Waals surface area contributed by atoms with Crippen molar-refractivity contribution in [2.24, 2.45) is 0 Å². The van der Waals surface area contributed by atoms with Crippen LogP contribution in [0, 0.1) is 13.8 Å². The quantitative estimate of drug-likeness (QED) is 0.266. The number of rotatable bonds is 9. The Morgan fingerprint density at radius 3 is 1.86 bits per heavy atom. The number of amides is 1. The first-order chi connectivity index (χ1) is 17.3. The summed E-state index contributed by atoms with van der Waals surface area (Å²) >= 11 is 0. The van der Waals surface area contributed by atoms with E-state index in [4.69, 9.17) is 4.74 Å².